The molecule has 0 radical (unpaired) electrons. The van der Waals surface area contributed by atoms with Crippen LogP contribution in [0.2, 0.25) is 0 Å². The maximum absolute atomic E-state index is 12.9. The van der Waals surface area contributed by atoms with E-state index in [1.165, 1.54) is 11.1 Å². The molecule has 152 valence electrons. The molecule has 1 aliphatic rings. The molecule has 1 saturated heterocycles. The number of pyridine rings is 1. The number of H-pyrrole nitrogens is 1. The van der Waals surface area contributed by atoms with Gasteiger partial charge in [-0.2, -0.15) is 5.26 Å². The van der Waals surface area contributed by atoms with Gasteiger partial charge in [-0.05, 0) is 49.2 Å². The van der Waals surface area contributed by atoms with Gasteiger partial charge in [-0.3, -0.25) is 9.69 Å². The molecule has 0 spiro atoms. The monoisotopic (exact) mass is 401 g/mol. The number of rotatable bonds is 3. The van der Waals surface area contributed by atoms with Crippen LogP contribution in [0, 0.1) is 25.2 Å². The minimum Gasteiger partial charge on any atom is -0.497 e. The molecule has 0 unspecified atom stereocenters. The van der Waals surface area contributed by atoms with Gasteiger partial charge in [0.05, 0.1) is 20.2 Å². The first-order chi connectivity index (χ1) is 14.5. The summed E-state index contributed by atoms with van der Waals surface area (Å²) in [6.45, 7) is 6.70. The minimum absolute atomic E-state index is 0.00279. The molecule has 0 saturated carbocycles. The number of hydrogen-bond acceptors (Lipinski definition) is 4. The Balaban J connectivity index is 1.56. The Morgan fingerprint density at radius 2 is 1.87 bits per heavy atom. The van der Waals surface area contributed by atoms with E-state index in [1.807, 2.05) is 35.2 Å². The van der Waals surface area contributed by atoms with Gasteiger partial charge in [0.2, 0.25) is 0 Å². The van der Waals surface area contributed by atoms with Crippen molar-refractivity contribution in [2.45, 2.75) is 13.8 Å². The summed E-state index contributed by atoms with van der Waals surface area (Å²) in [7, 11) is 1.60. The smallest absolute Gasteiger partial charge is 0.293 e. The van der Waals surface area contributed by atoms with E-state index >= 15 is 0 Å². The Kier molecular flexibility index (Phi) is 5.28. The lowest BCUT2D eigenvalue weighted by Crippen LogP contribution is -2.50. The fourth-order valence-corrected chi connectivity index (χ4v) is 3.94. The van der Waals surface area contributed by atoms with E-state index in [-0.39, 0.29) is 5.91 Å². The molecule has 0 aliphatic carbocycles. The van der Waals surface area contributed by atoms with Crippen molar-refractivity contribution >= 4 is 22.6 Å². The molecule has 2 heterocycles. The van der Waals surface area contributed by atoms with Crippen LogP contribution in [0.1, 0.15) is 27.0 Å². The van der Waals surface area contributed by atoms with E-state index in [9.17, 15) is 10.1 Å². The first-order valence-electron chi connectivity index (χ1n) is 10.1. The SMILES string of the molecule is COc1cccc(C(=O)N2CCN(c3[nH+]c4c(C)c(C)ccc4cc3C#N)CC2)c1. The lowest BCUT2D eigenvalue weighted by molar-refractivity contribution is -0.331. The number of carbonyl (C=O) groups excluding carboxylic acids is 1. The number of anilines is 1. The molecule has 1 fully saturated rings. The van der Waals surface area contributed by atoms with Gasteiger partial charge in [0.25, 0.3) is 11.7 Å². The lowest BCUT2D eigenvalue weighted by Gasteiger charge is -2.31. The van der Waals surface area contributed by atoms with Crippen LogP contribution < -0.4 is 14.6 Å². The number of amides is 1. The normalized spacial score (nSPS) is 13.9. The van der Waals surface area contributed by atoms with Crippen molar-refractivity contribution in [3.05, 3.63) is 64.7 Å². The summed E-state index contributed by atoms with van der Waals surface area (Å²) in [5.41, 5.74) is 4.70. The highest BCUT2D eigenvalue weighted by Crippen LogP contribution is 2.24. The van der Waals surface area contributed by atoms with Crippen LogP contribution >= 0.6 is 0 Å². The number of benzene rings is 2. The first kappa shape index (κ1) is 19.7. The number of ether oxygens (including phenoxy) is 1. The van der Waals surface area contributed by atoms with Crippen molar-refractivity contribution in [1.82, 2.24) is 4.90 Å². The summed E-state index contributed by atoms with van der Waals surface area (Å²) in [4.78, 5) is 20.4. The van der Waals surface area contributed by atoms with Gasteiger partial charge in [0.1, 0.15) is 36.0 Å². The summed E-state index contributed by atoms with van der Waals surface area (Å²) in [6.07, 6.45) is 0. The zero-order valence-corrected chi connectivity index (χ0v) is 17.5. The second kappa shape index (κ2) is 8.03. The quantitative estimate of drug-likeness (QED) is 0.676. The number of methoxy groups -OCH3 is 1. The number of piperazine rings is 1. The Morgan fingerprint density at radius 1 is 1.10 bits per heavy atom. The number of aromatic amines is 1. The molecule has 1 amide bonds. The topological polar surface area (TPSA) is 70.7 Å². The van der Waals surface area contributed by atoms with E-state index in [0.717, 1.165) is 16.7 Å². The highest BCUT2D eigenvalue weighted by atomic mass is 16.5. The van der Waals surface area contributed by atoms with Crippen LogP contribution in [-0.4, -0.2) is 44.1 Å². The Bertz CT molecular complexity index is 1160. The van der Waals surface area contributed by atoms with Crippen LogP contribution in [0.15, 0.2) is 42.5 Å². The van der Waals surface area contributed by atoms with E-state index in [2.05, 4.69) is 35.9 Å². The van der Waals surface area contributed by atoms with E-state index < -0.39 is 0 Å². The Morgan fingerprint density at radius 3 is 2.57 bits per heavy atom. The average Bonchev–Trinajstić information content (AvgIpc) is 2.80. The summed E-state index contributed by atoms with van der Waals surface area (Å²) in [5, 5.41) is 10.7. The number of aryl methyl sites for hydroxylation is 2. The number of fused-ring (bicyclic) bond motifs is 1. The fourth-order valence-electron chi connectivity index (χ4n) is 3.94. The van der Waals surface area contributed by atoms with Gasteiger partial charge >= 0.3 is 0 Å². The number of nitrogens with zero attached hydrogens (tertiary/aromatic N) is 3. The molecule has 6 heteroatoms. The predicted octanol–water partition coefficient (Wildman–Crippen LogP) is 3.11. The lowest BCUT2D eigenvalue weighted by atomic mass is 10.0. The van der Waals surface area contributed by atoms with E-state index in [4.69, 9.17) is 4.74 Å². The molecule has 3 aromatic rings. The summed E-state index contributed by atoms with van der Waals surface area (Å²) >= 11 is 0. The third-order valence-corrected chi connectivity index (χ3v) is 5.89. The van der Waals surface area contributed by atoms with Crippen molar-refractivity contribution in [2.75, 3.05) is 38.2 Å². The zero-order chi connectivity index (χ0) is 21.3. The van der Waals surface area contributed by atoms with Gasteiger partial charge in [-0.1, -0.05) is 18.2 Å². The predicted molar refractivity (Wildman–Crippen MR) is 116 cm³/mol. The van der Waals surface area contributed by atoms with Crippen LogP contribution in [0.4, 0.5) is 5.82 Å². The van der Waals surface area contributed by atoms with Crippen LogP contribution in [0.3, 0.4) is 0 Å². The Hall–Kier alpha value is -3.59. The summed E-state index contributed by atoms with van der Waals surface area (Å²) in [5.74, 6) is 1.50. The number of carbonyl (C=O) groups is 1. The molecule has 4 rings (SSSR count). The second-order valence-corrected chi connectivity index (χ2v) is 7.63. The molecule has 0 atom stereocenters. The van der Waals surface area contributed by atoms with Gasteiger partial charge in [-0.25, -0.2) is 4.98 Å². The number of hydrogen-bond donors (Lipinski definition) is 0. The molecule has 2 aromatic carbocycles. The molecule has 1 aromatic heterocycles. The van der Waals surface area contributed by atoms with Gasteiger partial charge in [0, 0.05) is 10.9 Å². The van der Waals surface area contributed by atoms with Crippen molar-refractivity contribution in [3.63, 3.8) is 0 Å². The maximum atomic E-state index is 12.9. The fraction of sp³-hybridized carbons (Fsp3) is 0.292. The maximum Gasteiger partial charge on any atom is 0.293 e. The molecule has 6 nitrogen and oxygen atoms in total. The van der Waals surface area contributed by atoms with Crippen molar-refractivity contribution in [3.8, 4) is 11.8 Å². The number of nitrogens with one attached hydrogen (secondary N) is 1. The largest absolute Gasteiger partial charge is 0.497 e. The third-order valence-electron chi connectivity index (χ3n) is 5.89. The van der Waals surface area contributed by atoms with Gasteiger partial charge in [-0.15, -0.1) is 0 Å². The van der Waals surface area contributed by atoms with Crippen LogP contribution in [-0.2, 0) is 0 Å². The first-order valence-corrected chi connectivity index (χ1v) is 10.1. The highest BCUT2D eigenvalue weighted by molar-refractivity contribution is 5.94. The van der Waals surface area contributed by atoms with Crippen molar-refractivity contribution in [1.29, 1.82) is 5.26 Å². The van der Waals surface area contributed by atoms with Crippen LogP contribution in [0.5, 0.6) is 5.75 Å². The summed E-state index contributed by atoms with van der Waals surface area (Å²) < 4.78 is 5.23. The molecule has 30 heavy (non-hydrogen) atoms. The minimum atomic E-state index is 0.00279. The average molecular weight is 401 g/mol. The third kappa shape index (κ3) is 3.55. The number of nitriles is 1. The van der Waals surface area contributed by atoms with Gasteiger partial charge < -0.3 is 9.64 Å². The molecule has 1 N–H and O–H groups in total. The second-order valence-electron chi connectivity index (χ2n) is 7.63. The summed E-state index contributed by atoms with van der Waals surface area (Å²) in [6, 6.07) is 15.6. The van der Waals surface area contributed by atoms with Crippen LogP contribution in [0.25, 0.3) is 10.9 Å². The van der Waals surface area contributed by atoms with E-state index in [1.54, 1.807) is 13.2 Å². The highest BCUT2D eigenvalue weighted by Gasteiger charge is 2.29. The van der Waals surface area contributed by atoms with Crippen molar-refractivity contribution in [2.24, 2.45) is 0 Å². The number of aromatic nitrogens is 1. The van der Waals surface area contributed by atoms with Gasteiger partial charge in [0.15, 0.2) is 0 Å². The molecular formula is C24H25N4O2+. The standard InChI is InChI=1S/C24H24N4O2/c1-16-7-8-18-13-20(15-25)23(26-22(18)17(16)2)27-9-11-28(12-10-27)24(29)19-5-4-6-21(14-19)30-3/h4-8,13-14H,9-12H2,1-3H3/p+1. The molecule has 0 bridgehead atoms. The zero-order valence-electron chi connectivity index (χ0n) is 17.5. The Labute approximate surface area is 176 Å². The molecule has 1 aliphatic heterocycles. The van der Waals surface area contributed by atoms with E-state index in [0.29, 0.717) is 43.1 Å². The molecular weight excluding hydrogens is 376 g/mol. The van der Waals surface area contributed by atoms with Crippen molar-refractivity contribution < 1.29 is 14.5 Å².